The molecule has 0 fully saturated rings. The number of rotatable bonds is 0. The predicted octanol–water partition coefficient (Wildman–Crippen LogP) is 7.27. The summed E-state index contributed by atoms with van der Waals surface area (Å²) in [6, 6.07) is 61.6. The molecule has 0 unspecified atom stereocenters. The van der Waals surface area contributed by atoms with Crippen LogP contribution in [0.3, 0.4) is 0 Å². The van der Waals surface area contributed by atoms with Crippen LogP contribution >= 0.6 is 0 Å². The molecule has 0 aliphatic heterocycles. The van der Waals surface area contributed by atoms with Crippen LogP contribution in [0.2, 0.25) is 0 Å². The van der Waals surface area contributed by atoms with E-state index in [2.05, 4.69) is 114 Å². The van der Waals surface area contributed by atoms with Gasteiger partial charge in [-0.05, 0) is 41.5 Å². The molecule has 0 heterocycles. The van der Waals surface area contributed by atoms with E-state index in [1.165, 1.54) is 33.4 Å². The molecule has 6 aromatic rings. The summed E-state index contributed by atoms with van der Waals surface area (Å²) in [4.78, 5) is 0. The maximum atomic E-state index is 7.00. The zero-order chi connectivity index (χ0) is 54.7. The molecule has 0 aromatic heterocycles. The van der Waals surface area contributed by atoms with Gasteiger partial charge in [-0.3, -0.25) is 0 Å². The van der Waals surface area contributed by atoms with Crippen LogP contribution in [0.4, 0.5) is 0 Å². The van der Waals surface area contributed by atoms with Crippen molar-refractivity contribution in [1.82, 2.24) is 0 Å². The highest BCUT2D eigenvalue weighted by Gasteiger charge is 1.75. The Morgan fingerprint density at radius 3 is 0.227 bits per heavy atom. The average molecular weight is 937 g/mol. The van der Waals surface area contributed by atoms with Gasteiger partial charge in [-0.1, -0.05) is 215 Å². The van der Waals surface area contributed by atoms with Gasteiger partial charge in [0, 0.05) is 85.3 Å². The van der Waals surface area contributed by atoms with Gasteiger partial charge in [-0.2, -0.15) is 0 Å². The van der Waals surface area contributed by atoms with E-state index in [4.69, 9.17) is 61.3 Å². The predicted molar refractivity (Wildman–Crippen MR) is 285 cm³/mol. The topological polar surface area (TPSA) is 243 Å². The second-order valence-corrected chi connectivity index (χ2v) is 9.93. The van der Waals surface area contributed by atoms with Crippen LogP contribution in [-0.2, 0) is 0 Å². The van der Waals surface area contributed by atoms with Crippen LogP contribution in [0.25, 0.3) is 0 Å². The lowest BCUT2D eigenvalue weighted by Crippen LogP contribution is -1.62. The van der Waals surface area contributed by atoms with Crippen molar-refractivity contribution < 1.29 is 61.3 Å². The molecular formula is C54H96O12. The summed E-state index contributed by atoms with van der Waals surface area (Å²) >= 11 is 0. The number of aliphatic hydroxyl groups excluding tert-OH is 12. The molecule has 0 saturated carbocycles. The molecule has 0 radical (unpaired) electrons. The molecule has 66 heavy (non-hydrogen) atoms. The summed E-state index contributed by atoms with van der Waals surface area (Å²) in [5.74, 6) is 0. The third-order valence-corrected chi connectivity index (χ3v) is 5.64. The van der Waals surface area contributed by atoms with E-state index in [-0.39, 0.29) is 0 Å². The van der Waals surface area contributed by atoms with Crippen molar-refractivity contribution in [1.29, 1.82) is 0 Å². The molecule has 12 nitrogen and oxygen atoms in total. The smallest absolute Gasteiger partial charge is 0.0319 e. The van der Waals surface area contributed by atoms with Gasteiger partial charge in [0.2, 0.25) is 0 Å². The van der Waals surface area contributed by atoms with Crippen molar-refractivity contribution in [3.8, 4) is 0 Å². The van der Waals surface area contributed by atoms with Gasteiger partial charge in [0.25, 0.3) is 0 Å². The SMILES string of the molecule is CO.CO.CO.CO.CO.CO.CO.CO.CO.CO.CO.CO.Cc1ccccc1.Cc1ccccc1.Cc1ccccc1.Cc1ccccc1.Cc1ccccc1.Cc1ccccc1. The summed E-state index contributed by atoms with van der Waals surface area (Å²) in [5, 5.41) is 84.0. The minimum Gasteiger partial charge on any atom is -0.400 e. The Bertz CT molecular complexity index is 1120. The molecule has 384 valence electrons. The molecule has 0 atom stereocenters. The van der Waals surface area contributed by atoms with Crippen molar-refractivity contribution in [3.63, 3.8) is 0 Å². The van der Waals surface area contributed by atoms with Gasteiger partial charge in [0.1, 0.15) is 0 Å². The third-order valence-electron chi connectivity index (χ3n) is 5.64. The molecule has 6 rings (SSSR count). The second kappa shape index (κ2) is 113. The summed E-state index contributed by atoms with van der Waals surface area (Å²) in [6.07, 6.45) is 0. The first-order chi connectivity index (χ1) is 32.4. The fourth-order valence-corrected chi connectivity index (χ4v) is 3.21. The van der Waals surface area contributed by atoms with E-state index >= 15 is 0 Å². The van der Waals surface area contributed by atoms with Gasteiger partial charge >= 0.3 is 0 Å². The van der Waals surface area contributed by atoms with E-state index in [0.29, 0.717) is 0 Å². The molecule has 0 spiro atoms. The fourth-order valence-electron chi connectivity index (χ4n) is 3.21. The van der Waals surface area contributed by atoms with Crippen molar-refractivity contribution in [2.75, 3.05) is 85.3 Å². The van der Waals surface area contributed by atoms with E-state index in [0.717, 1.165) is 85.3 Å². The van der Waals surface area contributed by atoms with Crippen molar-refractivity contribution in [2.24, 2.45) is 0 Å². The van der Waals surface area contributed by atoms with Gasteiger partial charge in [-0.25, -0.2) is 0 Å². The molecule has 12 N–H and O–H groups in total. The van der Waals surface area contributed by atoms with Crippen molar-refractivity contribution in [2.45, 2.75) is 41.5 Å². The second-order valence-electron chi connectivity index (χ2n) is 9.93. The summed E-state index contributed by atoms with van der Waals surface area (Å²) in [5.41, 5.74) is 7.93. The lowest BCUT2D eigenvalue weighted by atomic mass is 10.2. The first-order valence-corrected chi connectivity index (χ1v) is 19.8. The number of hydrogen-bond acceptors (Lipinski definition) is 12. The monoisotopic (exact) mass is 937 g/mol. The van der Waals surface area contributed by atoms with Gasteiger partial charge < -0.3 is 61.3 Å². The largest absolute Gasteiger partial charge is 0.400 e. The van der Waals surface area contributed by atoms with Gasteiger partial charge in [-0.15, -0.1) is 0 Å². The lowest BCUT2D eigenvalue weighted by Gasteiger charge is -1.82. The first-order valence-electron chi connectivity index (χ1n) is 19.8. The Kier molecular flexibility index (Phi) is 156. The van der Waals surface area contributed by atoms with Crippen molar-refractivity contribution in [3.05, 3.63) is 215 Å². The number of benzene rings is 6. The molecule has 0 aliphatic rings. The number of hydrogen-bond donors (Lipinski definition) is 12. The molecular weight excluding hydrogens is 841 g/mol. The Labute approximate surface area is 402 Å². The quantitative estimate of drug-likeness (QED) is 0.0720. The Morgan fingerprint density at radius 1 is 0.136 bits per heavy atom. The van der Waals surface area contributed by atoms with Crippen LogP contribution in [0.15, 0.2) is 182 Å². The minimum absolute atomic E-state index is 1.00. The van der Waals surface area contributed by atoms with Crippen LogP contribution in [0.1, 0.15) is 33.4 Å². The number of aryl methyl sites for hydroxylation is 6. The molecule has 0 amide bonds. The first kappa shape index (κ1) is 91.3. The Morgan fingerprint density at radius 2 is 0.197 bits per heavy atom. The van der Waals surface area contributed by atoms with E-state index in [9.17, 15) is 0 Å². The van der Waals surface area contributed by atoms with Crippen LogP contribution in [0, 0.1) is 41.5 Å². The van der Waals surface area contributed by atoms with E-state index in [1.54, 1.807) is 0 Å². The maximum Gasteiger partial charge on any atom is 0.0319 e. The van der Waals surface area contributed by atoms with E-state index in [1.807, 2.05) is 109 Å². The van der Waals surface area contributed by atoms with Crippen molar-refractivity contribution >= 4 is 0 Å². The van der Waals surface area contributed by atoms with Crippen LogP contribution in [0.5, 0.6) is 0 Å². The Hall–Kier alpha value is -5.16. The molecule has 6 aromatic carbocycles. The zero-order valence-electron chi connectivity index (χ0n) is 43.7. The molecule has 0 bridgehead atoms. The third kappa shape index (κ3) is 107. The van der Waals surface area contributed by atoms with Gasteiger partial charge in [0.05, 0.1) is 0 Å². The zero-order valence-corrected chi connectivity index (χ0v) is 43.7. The molecule has 12 heteroatoms. The normalized spacial score (nSPS) is 6.64. The summed E-state index contributed by atoms with van der Waals surface area (Å²) in [7, 11) is 12.0. The number of aliphatic hydroxyl groups is 12. The highest BCUT2D eigenvalue weighted by molar-refractivity contribution is 5.14. The van der Waals surface area contributed by atoms with Crippen LogP contribution in [-0.4, -0.2) is 147 Å². The summed E-state index contributed by atoms with van der Waals surface area (Å²) < 4.78 is 0. The highest BCUT2D eigenvalue weighted by Crippen LogP contribution is 1.95. The highest BCUT2D eigenvalue weighted by atomic mass is 16.3. The average Bonchev–Trinajstić information content (AvgIpc) is 3.43. The standard InChI is InChI=1S/6C7H8.12CH4O/c6*1-7-5-3-2-4-6-7;12*1-2/h6*2-6H,1H3;12*2H,1H3. The molecule has 0 aliphatic carbocycles. The van der Waals surface area contributed by atoms with E-state index < -0.39 is 0 Å². The van der Waals surface area contributed by atoms with Gasteiger partial charge in [0.15, 0.2) is 0 Å². The minimum atomic E-state index is 1.00. The van der Waals surface area contributed by atoms with Crippen LogP contribution < -0.4 is 0 Å². The summed E-state index contributed by atoms with van der Waals surface area (Å²) in [6.45, 7) is 12.5. The molecule has 0 saturated heterocycles. The fraction of sp³-hybridized carbons (Fsp3) is 0.333. The maximum absolute atomic E-state index is 7.00. The lowest BCUT2D eigenvalue weighted by molar-refractivity contribution is 0.399. The Balaban J connectivity index is -0.0000000486.